The SMILES string of the molecule is COC(=O)CNC(=O)c1cccc(OC(F)(F)F)c1. The van der Waals surface area contributed by atoms with Gasteiger partial charge in [-0.3, -0.25) is 9.59 Å². The molecule has 0 bridgehead atoms. The average molecular weight is 277 g/mol. The maximum absolute atomic E-state index is 12.0. The van der Waals surface area contributed by atoms with E-state index < -0.39 is 24.0 Å². The molecule has 0 atom stereocenters. The maximum atomic E-state index is 12.0. The highest BCUT2D eigenvalue weighted by Gasteiger charge is 2.31. The first-order chi connectivity index (χ1) is 8.81. The molecular formula is C11H10F3NO4. The van der Waals surface area contributed by atoms with Gasteiger partial charge in [-0.1, -0.05) is 6.07 Å². The van der Waals surface area contributed by atoms with Crippen molar-refractivity contribution < 1.29 is 32.2 Å². The molecule has 0 aliphatic heterocycles. The third kappa shape index (κ3) is 5.28. The van der Waals surface area contributed by atoms with Gasteiger partial charge in [-0.15, -0.1) is 13.2 Å². The van der Waals surface area contributed by atoms with Crippen LogP contribution in [0.25, 0.3) is 0 Å². The minimum atomic E-state index is -4.83. The minimum absolute atomic E-state index is 0.0642. The predicted octanol–water partition coefficient (Wildman–Crippen LogP) is 1.49. The lowest BCUT2D eigenvalue weighted by Crippen LogP contribution is -2.30. The lowest BCUT2D eigenvalue weighted by Gasteiger charge is -2.10. The Hall–Kier alpha value is -2.25. The van der Waals surface area contributed by atoms with Crippen molar-refractivity contribution in [2.24, 2.45) is 0 Å². The van der Waals surface area contributed by atoms with E-state index >= 15 is 0 Å². The molecule has 0 aliphatic rings. The fraction of sp³-hybridized carbons (Fsp3) is 0.273. The molecule has 1 aromatic carbocycles. The molecule has 0 radical (unpaired) electrons. The van der Waals surface area contributed by atoms with Crippen LogP contribution in [0, 0.1) is 0 Å². The molecule has 0 heterocycles. The highest BCUT2D eigenvalue weighted by atomic mass is 19.4. The van der Waals surface area contributed by atoms with Crippen LogP contribution in [0.4, 0.5) is 13.2 Å². The smallest absolute Gasteiger partial charge is 0.468 e. The van der Waals surface area contributed by atoms with Crippen LogP contribution < -0.4 is 10.1 Å². The Morgan fingerprint density at radius 2 is 2.00 bits per heavy atom. The van der Waals surface area contributed by atoms with Gasteiger partial charge < -0.3 is 14.8 Å². The molecule has 8 heteroatoms. The third-order valence-electron chi connectivity index (χ3n) is 1.95. The molecule has 0 saturated heterocycles. The van der Waals surface area contributed by atoms with Gasteiger partial charge in [-0.05, 0) is 18.2 Å². The standard InChI is InChI=1S/C11H10F3NO4/c1-18-9(16)6-15-10(17)7-3-2-4-8(5-7)19-11(12,13)14/h2-5H,6H2,1H3,(H,15,17). The summed E-state index contributed by atoms with van der Waals surface area (Å²) in [5, 5.41) is 2.19. The molecule has 1 amide bonds. The fourth-order valence-corrected chi connectivity index (χ4v) is 1.16. The van der Waals surface area contributed by atoms with Gasteiger partial charge in [0, 0.05) is 5.56 Å². The summed E-state index contributed by atoms with van der Waals surface area (Å²) in [6.07, 6.45) is -4.83. The van der Waals surface area contributed by atoms with Gasteiger partial charge in [0.05, 0.1) is 7.11 Å². The van der Waals surface area contributed by atoms with Crippen LogP contribution in [0.1, 0.15) is 10.4 Å². The normalized spacial score (nSPS) is 10.7. The molecule has 104 valence electrons. The average Bonchev–Trinajstić information content (AvgIpc) is 2.33. The number of esters is 1. The number of rotatable bonds is 4. The molecule has 0 saturated carbocycles. The fourth-order valence-electron chi connectivity index (χ4n) is 1.16. The first-order valence-electron chi connectivity index (χ1n) is 5.02. The van der Waals surface area contributed by atoms with E-state index in [4.69, 9.17) is 0 Å². The van der Waals surface area contributed by atoms with Crippen molar-refractivity contribution in [2.75, 3.05) is 13.7 Å². The van der Waals surface area contributed by atoms with Gasteiger partial charge in [-0.25, -0.2) is 0 Å². The summed E-state index contributed by atoms with van der Waals surface area (Å²) in [5.41, 5.74) is -0.0642. The summed E-state index contributed by atoms with van der Waals surface area (Å²) >= 11 is 0. The summed E-state index contributed by atoms with van der Waals surface area (Å²) in [4.78, 5) is 22.3. The van der Waals surface area contributed by atoms with Crippen LogP contribution in [-0.2, 0) is 9.53 Å². The van der Waals surface area contributed by atoms with E-state index in [1.807, 2.05) is 0 Å². The zero-order valence-electron chi connectivity index (χ0n) is 9.78. The topological polar surface area (TPSA) is 64.6 Å². The Morgan fingerprint density at radius 3 is 2.58 bits per heavy atom. The Morgan fingerprint density at radius 1 is 1.32 bits per heavy atom. The number of hydrogen-bond donors (Lipinski definition) is 1. The van der Waals surface area contributed by atoms with Crippen LogP contribution in [0.5, 0.6) is 5.75 Å². The Balaban J connectivity index is 2.70. The monoisotopic (exact) mass is 277 g/mol. The van der Waals surface area contributed by atoms with Crippen molar-refractivity contribution >= 4 is 11.9 Å². The Labute approximate surface area is 106 Å². The number of halogens is 3. The predicted molar refractivity (Wildman–Crippen MR) is 57.5 cm³/mol. The quantitative estimate of drug-likeness (QED) is 0.847. The van der Waals surface area contributed by atoms with E-state index in [-0.39, 0.29) is 12.1 Å². The van der Waals surface area contributed by atoms with Gasteiger partial charge in [0.2, 0.25) is 0 Å². The second-order valence-electron chi connectivity index (χ2n) is 3.33. The van der Waals surface area contributed by atoms with Crippen molar-refractivity contribution in [1.29, 1.82) is 0 Å². The largest absolute Gasteiger partial charge is 0.573 e. The Bertz CT molecular complexity index is 473. The van der Waals surface area contributed by atoms with E-state index in [0.29, 0.717) is 0 Å². The summed E-state index contributed by atoms with van der Waals surface area (Å²) in [6, 6.07) is 4.49. The van der Waals surface area contributed by atoms with Crippen LogP contribution in [-0.4, -0.2) is 31.9 Å². The van der Waals surface area contributed by atoms with Crippen LogP contribution >= 0.6 is 0 Å². The first-order valence-corrected chi connectivity index (χ1v) is 5.02. The van der Waals surface area contributed by atoms with E-state index in [1.54, 1.807) is 0 Å². The summed E-state index contributed by atoms with van der Waals surface area (Å²) in [6.45, 7) is -0.375. The first kappa shape index (κ1) is 14.8. The van der Waals surface area contributed by atoms with Gasteiger partial charge in [0.15, 0.2) is 0 Å². The molecule has 5 nitrogen and oxygen atoms in total. The molecule has 19 heavy (non-hydrogen) atoms. The second kappa shape index (κ2) is 6.07. The number of methoxy groups -OCH3 is 1. The van der Waals surface area contributed by atoms with E-state index in [0.717, 1.165) is 19.2 Å². The zero-order valence-corrected chi connectivity index (χ0v) is 9.78. The number of benzene rings is 1. The number of amides is 1. The van der Waals surface area contributed by atoms with Crippen molar-refractivity contribution in [2.45, 2.75) is 6.36 Å². The van der Waals surface area contributed by atoms with Gasteiger partial charge in [0.1, 0.15) is 12.3 Å². The maximum Gasteiger partial charge on any atom is 0.573 e. The molecule has 0 spiro atoms. The molecule has 1 rings (SSSR count). The molecular weight excluding hydrogens is 267 g/mol. The molecule has 1 aromatic rings. The van der Waals surface area contributed by atoms with Gasteiger partial charge in [-0.2, -0.15) is 0 Å². The van der Waals surface area contributed by atoms with Crippen LogP contribution in [0.2, 0.25) is 0 Å². The number of nitrogens with one attached hydrogen (secondary N) is 1. The highest BCUT2D eigenvalue weighted by molar-refractivity contribution is 5.96. The number of alkyl halides is 3. The zero-order chi connectivity index (χ0) is 14.5. The lowest BCUT2D eigenvalue weighted by molar-refractivity contribution is -0.274. The number of carbonyl (C=O) groups is 2. The molecule has 1 N–H and O–H groups in total. The van der Waals surface area contributed by atoms with Crippen molar-refractivity contribution in [3.05, 3.63) is 29.8 Å². The van der Waals surface area contributed by atoms with E-state index in [9.17, 15) is 22.8 Å². The number of carbonyl (C=O) groups excluding carboxylic acids is 2. The van der Waals surface area contributed by atoms with Crippen molar-refractivity contribution in [1.82, 2.24) is 5.32 Å². The van der Waals surface area contributed by atoms with Gasteiger partial charge in [0.25, 0.3) is 5.91 Å². The summed E-state index contributed by atoms with van der Waals surface area (Å²) < 4.78 is 43.9. The van der Waals surface area contributed by atoms with E-state index in [1.165, 1.54) is 12.1 Å². The number of hydrogen-bond acceptors (Lipinski definition) is 4. The van der Waals surface area contributed by atoms with Crippen LogP contribution in [0.3, 0.4) is 0 Å². The van der Waals surface area contributed by atoms with Crippen molar-refractivity contribution in [3.8, 4) is 5.75 Å². The lowest BCUT2D eigenvalue weighted by atomic mass is 10.2. The van der Waals surface area contributed by atoms with Crippen LogP contribution in [0.15, 0.2) is 24.3 Å². The highest BCUT2D eigenvalue weighted by Crippen LogP contribution is 2.23. The van der Waals surface area contributed by atoms with Gasteiger partial charge >= 0.3 is 12.3 Å². The molecule has 0 aliphatic carbocycles. The molecule has 0 fully saturated rings. The van der Waals surface area contributed by atoms with Crippen molar-refractivity contribution in [3.63, 3.8) is 0 Å². The number of ether oxygens (including phenoxy) is 2. The second-order valence-corrected chi connectivity index (χ2v) is 3.33. The van der Waals surface area contributed by atoms with E-state index in [2.05, 4.69) is 14.8 Å². The summed E-state index contributed by atoms with van der Waals surface area (Å²) in [7, 11) is 1.15. The third-order valence-corrected chi connectivity index (χ3v) is 1.95. The summed E-state index contributed by atoms with van der Waals surface area (Å²) in [5.74, 6) is -1.90. The Kier molecular flexibility index (Phi) is 4.74. The molecule has 0 unspecified atom stereocenters. The molecule has 0 aromatic heterocycles. The minimum Gasteiger partial charge on any atom is -0.468 e.